The number of hydrogen-bond acceptors (Lipinski definition) is 5. The maximum atomic E-state index is 13.5. The summed E-state index contributed by atoms with van der Waals surface area (Å²) in [5.41, 5.74) is 1.90. The van der Waals surface area contributed by atoms with E-state index in [0.717, 1.165) is 24.0 Å². The van der Waals surface area contributed by atoms with E-state index >= 15 is 0 Å². The van der Waals surface area contributed by atoms with E-state index in [9.17, 15) is 22.0 Å². The predicted octanol–water partition coefficient (Wildman–Crippen LogP) is 3.50. The van der Waals surface area contributed by atoms with Gasteiger partial charge in [-0.25, -0.2) is 21.9 Å². The molecule has 4 rings (SSSR count). The zero-order chi connectivity index (χ0) is 23.2. The molecule has 0 atom stereocenters. The van der Waals surface area contributed by atoms with Crippen LogP contribution in [0.5, 0.6) is 5.75 Å². The van der Waals surface area contributed by atoms with Crippen LogP contribution in [0.1, 0.15) is 35.5 Å². The molecule has 0 saturated carbocycles. The Kier molecular flexibility index (Phi) is 5.49. The Morgan fingerprint density at radius 2 is 1.84 bits per heavy atom. The van der Waals surface area contributed by atoms with E-state index in [1.165, 1.54) is 33.8 Å². The number of amides is 1. The third-order valence-corrected chi connectivity index (χ3v) is 6.12. The van der Waals surface area contributed by atoms with Crippen molar-refractivity contribution < 1.29 is 26.7 Å². The van der Waals surface area contributed by atoms with Crippen molar-refractivity contribution in [2.24, 2.45) is 0 Å². The lowest BCUT2D eigenvalue weighted by Gasteiger charge is -2.20. The van der Waals surface area contributed by atoms with Gasteiger partial charge in [0.2, 0.25) is 0 Å². The first-order valence-corrected chi connectivity index (χ1v) is 11.7. The second-order valence-corrected chi connectivity index (χ2v) is 9.92. The number of carbonyl (C=O) groups excluding carboxylic acids is 1. The molecule has 0 radical (unpaired) electrons. The first kappa shape index (κ1) is 21.9. The number of sulfone groups is 1. The van der Waals surface area contributed by atoms with Gasteiger partial charge in [-0.1, -0.05) is 0 Å². The average molecular weight is 461 g/mol. The zero-order valence-electron chi connectivity index (χ0n) is 17.7. The van der Waals surface area contributed by atoms with E-state index in [-0.39, 0.29) is 35.6 Å². The van der Waals surface area contributed by atoms with Gasteiger partial charge in [-0.3, -0.25) is 4.79 Å². The molecule has 10 heteroatoms. The van der Waals surface area contributed by atoms with Crippen molar-refractivity contribution in [2.75, 3.05) is 6.26 Å². The topological polar surface area (TPSA) is 81.5 Å². The molecule has 0 unspecified atom stereocenters. The number of fused-ring (bicyclic) bond motifs is 1. The summed E-state index contributed by atoms with van der Waals surface area (Å²) >= 11 is 0. The van der Waals surface area contributed by atoms with Gasteiger partial charge in [0.1, 0.15) is 5.75 Å². The maximum Gasteiger partial charge on any atom is 0.258 e. The van der Waals surface area contributed by atoms with Crippen molar-refractivity contribution in [2.45, 2.75) is 37.9 Å². The minimum atomic E-state index is -3.51. The molecular formula is C22H21F2N3O4S. The van der Waals surface area contributed by atoms with Crippen molar-refractivity contribution in [3.05, 3.63) is 71.1 Å². The summed E-state index contributed by atoms with van der Waals surface area (Å²) in [6.07, 6.45) is 2.53. The van der Waals surface area contributed by atoms with E-state index in [0.29, 0.717) is 17.1 Å². The number of carbonyl (C=O) groups is 1. The van der Waals surface area contributed by atoms with Gasteiger partial charge >= 0.3 is 0 Å². The van der Waals surface area contributed by atoms with Crippen molar-refractivity contribution in [3.63, 3.8) is 0 Å². The Bertz CT molecular complexity index is 1300. The van der Waals surface area contributed by atoms with Gasteiger partial charge in [-0.2, -0.15) is 5.10 Å². The summed E-state index contributed by atoms with van der Waals surface area (Å²) < 4.78 is 57.9. The molecule has 1 aliphatic heterocycles. The van der Waals surface area contributed by atoms with E-state index < -0.39 is 21.5 Å². The molecule has 0 spiro atoms. The number of aromatic nitrogens is 2. The van der Waals surface area contributed by atoms with Crippen LogP contribution >= 0.6 is 0 Å². The minimum Gasteiger partial charge on any atom is -0.490 e. The molecule has 1 aromatic heterocycles. The van der Waals surface area contributed by atoms with E-state index in [1.807, 2.05) is 13.8 Å². The Labute approximate surface area is 184 Å². The molecule has 0 aliphatic carbocycles. The fraction of sp³-hybridized carbons (Fsp3) is 0.273. The molecule has 3 aromatic rings. The highest BCUT2D eigenvalue weighted by Crippen LogP contribution is 2.30. The molecule has 0 bridgehead atoms. The first-order chi connectivity index (χ1) is 15.0. The monoisotopic (exact) mass is 461 g/mol. The fourth-order valence-electron chi connectivity index (χ4n) is 3.49. The normalized spacial score (nSPS) is 13.5. The van der Waals surface area contributed by atoms with Crippen molar-refractivity contribution in [3.8, 4) is 11.4 Å². The van der Waals surface area contributed by atoms with E-state index in [1.54, 1.807) is 6.20 Å². The molecule has 7 nitrogen and oxygen atoms in total. The van der Waals surface area contributed by atoms with Crippen molar-refractivity contribution in [1.82, 2.24) is 14.7 Å². The summed E-state index contributed by atoms with van der Waals surface area (Å²) in [4.78, 5) is 14.8. The number of halogens is 2. The van der Waals surface area contributed by atoms with Gasteiger partial charge in [0.25, 0.3) is 5.91 Å². The first-order valence-electron chi connectivity index (χ1n) is 9.86. The van der Waals surface area contributed by atoms with Gasteiger partial charge in [0, 0.05) is 30.6 Å². The van der Waals surface area contributed by atoms with Crippen LogP contribution in [0.4, 0.5) is 8.78 Å². The van der Waals surface area contributed by atoms with Gasteiger partial charge in [-0.05, 0) is 44.2 Å². The van der Waals surface area contributed by atoms with E-state index in [4.69, 9.17) is 4.74 Å². The highest BCUT2D eigenvalue weighted by atomic mass is 32.2. The molecule has 1 aliphatic rings. The number of nitrogens with zero attached hydrogens (tertiary/aromatic N) is 3. The second kappa shape index (κ2) is 8.01. The van der Waals surface area contributed by atoms with Crippen LogP contribution in [0, 0.1) is 11.6 Å². The Morgan fingerprint density at radius 1 is 1.09 bits per heavy atom. The van der Waals surface area contributed by atoms with Crippen LogP contribution in [-0.4, -0.2) is 41.4 Å². The number of rotatable bonds is 5. The number of hydrogen-bond donors (Lipinski definition) is 0. The Hall–Kier alpha value is -3.27. The minimum absolute atomic E-state index is 0.0254. The highest BCUT2D eigenvalue weighted by molar-refractivity contribution is 7.90. The standard InChI is InChI=1S/C22H21F2N3O4S/c1-13(2)31-21-7-5-16(32(3,29)30)9-17(21)22(28)26-10-14-11-27(25-20(14)12-26)15-4-6-18(23)19(24)8-15/h4-9,11,13H,10,12H2,1-3H3. The van der Waals surface area contributed by atoms with Crippen LogP contribution in [0.2, 0.25) is 0 Å². The average Bonchev–Trinajstić information content (AvgIpc) is 3.28. The summed E-state index contributed by atoms with van der Waals surface area (Å²) in [6, 6.07) is 7.71. The summed E-state index contributed by atoms with van der Waals surface area (Å²) in [5.74, 6) is -2.00. The quantitative estimate of drug-likeness (QED) is 0.581. The SMILES string of the molecule is CC(C)Oc1ccc(S(C)(=O)=O)cc1C(=O)N1Cc2cn(-c3ccc(F)c(F)c3)nc2C1. The van der Waals surface area contributed by atoms with Gasteiger partial charge in [0.15, 0.2) is 21.5 Å². The molecule has 168 valence electrons. The smallest absolute Gasteiger partial charge is 0.258 e. The van der Waals surface area contributed by atoms with Gasteiger partial charge in [-0.15, -0.1) is 0 Å². The second-order valence-electron chi connectivity index (χ2n) is 7.90. The maximum absolute atomic E-state index is 13.5. The molecule has 0 N–H and O–H groups in total. The molecule has 0 saturated heterocycles. The molecule has 2 heterocycles. The zero-order valence-corrected chi connectivity index (χ0v) is 18.5. The van der Waals surface area contributed by atoms with Gasteiger partial charge < -0.3 is 9.64 Å². The largest absolute Gasteiger partial charge is 0.490 e. The number of ether oxygens (including phenoxy) is 1. The lowest BCUT2D eigenvalue weighted by atomic mass is 10.1. The van der Waals surface area contributed by atoms with E-state index in [2.05, 4.69) is 5.10 Å². The van der Waals surface area contributed by atoms with Crippen molar-refractivity contribution in [1.29, 1.82) is 0 Å². The Morgan fingerprint density at radius 3 is 2.47 bits per heavy atom. The summed E-state index contributed by atoms with van der Waals surface area (Å²) in [5, 5.41) is 4.39. The fourth-order valence-corrected chi connectivity index (χ4v) is 4.14. The third-order valence-electron chi connectivity index (χ3n) is 5.01. The molecule has 2 aromatic carbocycles. The molecule has 1 amide bonds. The lowest BCUT2D eigenvalue weighted by Crippen LogP contribution is -2.27. The molecular weight excluding hydrogens is 440 g/mol. The highest BCUT2D eigenvalue weighted by Gasteiger charge is 2.30. The third kappa shape index (κ3) is 4.22. The van der Waals surface area contributed by atoms with Crippen molar-refractivity contribution >= 4 is 15.7 Å². The van der Waals surface area contributed by atoms with Crippen LogP contribution in [-0.2, 0) is 22.9 Å². The van der Waals surface area contributed by atoms with Crippen LogP contribution < -0.4 is 4.74 Å². The summed E-state index contributed by atoms with van der Waals surface area (Å²) in [6.45, 7) is 4.05. The van der Waals surface area contributed by atoms with Crippen LogP contribution in [0.25, 0.3) is 5.69 Å². The Balaban J connectivity index is 1.61. The van der Waals surface area contributed by atoms with Gasteiger partial charge in [0.05, 0.1) is 34.5 Å². The van der Waals surface area contributed by atoms with Crippen LogP contribution in [0.15, 0.2) is 47.5 Å². The van der Waals surface area contributed by atoms with Crippen LogP contribution in [0.3, 0.4) is 0 Å². The molecule has 32 heavy (non-hydrogen) atoms. The number of benzene rings is 2. The summed E-state index contributed by atoms with van der Waals surface area (Å²) in [7, 11) is -3.51. The lowest BCUT2D eigenvalue weighted by molar-refractivity contribution is 0.0742. The molecule has 0 fully saturated rings. The predicted molar refractivity (Wildman–Crippen MR) is 112 cm³/mol.